The molecule has 0 saturated carbocycles. The number of nitrogens with one attached hydrogen (secondary N) is 5. The molecule has 0 aromatic heterocycles. The molecule has 0 aliphatic carbocycles. The lowest BCUT2D eigenvalue weighted by Crippen LogP contribution is -2.58. The molecule has 3 saturated heterocycles. The fourth-order valence-electron chi connectivity index (χ4n) is 11.8. The number of aliphatic imine (C=N–C) groups is 1. The van der Waals surface area contributed by atoms with Gasteiger partial charge in [-0.2, -0.15) is 35.3 Å². The van der Waals surface area contributed by atoms with Crippen molar-refractivity contribution in [2.24, 2.45) is 28.1 Å². The van der Waals surface area contributed by atoms with Gasteiger partial charge in [-0.15, -0.1) is 0 Å². The molecule has 101 heavy (non-hydrogen) atoms. The highest BCUT2D eigenvalue weighted by Gasteiger charge is 2.44. The van der Waals surface area contributed by atoms with Gasteiger partial charge in [-0.1, -0.05) is 68.8 Å². The van der Waals surface area contributed by atoms with E-state index >= 15 is 0 Å². The van der Waals surface area contributed by atoms with Crippen LogP contribution in [-0.4, -0.2) is 280 Å². The Balaban J connectivity index is 1.24. The molecule has 558 valence electrons. The van der Waals surface area contributed by atoms with Crippen molar-refractivity contribution in [1.29, 1.82) is 0 Å². The van der Waals surface area contributed by atoms with Gasteiger partial charge in [0.2, 0.25) is 53.2 Å². The van der Waals surface area contributed by atoms with E-state index < -0.39 is 107 Å². The maximum Gasteiger partial charge on any atom is 0.340 e. The standard InChI is InChI=1S/C67H101N15O16S3/c1-3-5-18-72-67(98)73-36-49(65(96)82-21-10-14-54(82)66(97)81-20-9-13-53(81)64(95)74-50(4-2)62(93)75-51(15-16-55(68)83)63(94)76-52(61(70)92)35-45-11-7-6-8-12-45)44-101-43-48-33-46(41-99-30-17-56(69)84)32-47(34-48)42-100-31-19-71-57(85)37-77-22-24-78(38-58(86)87)26-28-80(40-60(90)91)29-27-79(25-23-77)39-59(88)89/h6-8,11-12,32-34,36,49-54H,3-5,9-10,13-31,35,37-44H2,1-2H3,(H2,68,83)(H2,69,84)(H2,70,92)(H,71,85)(H,72,98)(H,74,95)(H,75,93)(H,76,94)(H,86,87)(H,88,89)(H,90,91)/t49?,50-,51-,52-,53-,54-/m0/s1. The first-order valence-corrected chi connectivity index (χ1v) is 37.7. The van der Waals surface area contributed by atoms with Gasteiger partial charge in [0.05, 0.1) is 32.1 Å². The first kappa shape index (κ1) is 83.8. The minimum absolute atomic E-state index is 0.0310. The first-order chi connectivity index (χ1) is 48.3. The smallest absolute Gasteiger partial charge is 0.340 e. The predicted octanol–water partition coefficient (Wildman–Crippen LogP) is -0.110. The minimum atomic E-state index is -1.36. The molecular weight excluding hydrogens is 1370 g/mol. The second-order valence-corrected chi connectivity index (χ2v) is 28.4. The number of carbonyl (C=O) groups excluding carboxylic acids is 10. The molecule has 2 aromatic rings. The number of likely N-dealkylation sites (tertiary alicyclic amines) is 2. The van der Waals surface area contributed by atoms with E-state index in [4.69, 9.17) is 17.2 Å². The number of nitrogens with zero attached hydrogens (tertiary/aromatic N) is 7. The van der Waals surface area contributed by atoms with Gasteiger partial charge in [-0.05, 0) is 67.2 Å². The SMILES string of the molecule is CCCCNC(=O)N=CC(CSCc1cc(CSCCNC(=O)CN2CCN(CC(=O)O)CCN(CC(=O)O)CCN(CC(=O)O)CC2)cc(CSCCC(N)=O)c1)C(=O)N1CCC[C@H]1C(=O)N1CCC[C@H]1C(=O)N[C@@H](CC)C(=O)N[C@@H](CCC(N)=O)C(=O)N[C@@H](Cc1ccccc1)C(N)=O. The van der Waals surface area contributed by atoms with Crippen LogP contribution in [0.15, 0.2) is 53.5 Å². The second kappa shape index (κ2) is 45.2. The van der Waals surface area contributed by atoms with Crippen molar-refractivity contribution in [3.05, 3.63) is 70.8 Å². The molecule has 3 aliphatic heterocycles. The Morgan fingerprint density at radius 3 is 1.59 bits per heavy atom. The lowest BCUT2D eigenvalue weighted by molar-refractivity contribution is -0.147. The number of carboxylic acids is 3. The predicted molar refractivity (Wildman–Crippen MR) is 384 cm³/mol. The fourth-order valence-corrected chi connectivity index (χ4v) is 14.5. The number of primary amides is 3. The molecule has 11 amide bonds. The number of benzene rings is 2. The number of nitrogens with two attached hydrogens (primary N) is 3. The lowest BCUT2D eigenvalue weighted by atomic mass is 10.0. The van der Waals surface area contributed by atoms with Crippen molar-refractivity contribution in [1.82, 2.24) is 56.0 Å². The van der Waals surface area contributed by atoms with Gasteiger partial charge in [0.15, 0.2) is 0 Å². The fraction of sp³-hybridized carbons (Fsp3) is 0.612. The highest BCUT2D eigenvalue weighted by atomic mass is 32.2. The third-order valence-electron chi connectivity index (χ3n) is 17.1. The van der Waals surface area contributed by atoms with Gasteiger partial charge in [0.25, 0.3) is 0 Å². The maximum absolute atomic E-state index is 14.9. The molecule has 31 nitrogen and oxygen atoms in total. The molecule has 3 fully saturated rings. The van der Waals surface area contributed by atoms with Crippen LogP contribution in [0, 0.1) is 5.92 Å². The molecule has 3 aliphatic rings. The van der Waals surface area contributed by atoms with Crippen LogP contribution >= 0.6 is 35.3 Å². The van der Waals surface area contributed by atoms with E-state index in [1.807, 2.05) is 17.9 Å². The van der Waals surface area contributed by atoms with Crippen LogP contribution in [0.3, 0.4) is 0 Å². The molecule has 6 atom stereocenters. The summed E-state index contributed by atoms with van der Waals surface area (Å²) in [6, 6.07) is 8.64. The Morgan fingerprint density at radius 2 is 1.07 bits per heavy atom. The Morgan fingerprint density at radius 1 is 0.564 bits per heavy atom. The van der Waals surface area contributed by atoms with Crippen molar-refractivity contribution in [2.45, 2.75) is 132 Å². The molecule has 0 radical (unpaired) electrons. The van der Waals surface area contributed by atoms with Gasteiger partial charge in [0.1, 0.15) is 30.2 Å². The zero-order chi connectivity index (χ0) is 73.8. The van der Waals surface area contributed by atoms with Gasteiger partial charge in [-0.25, -0.2) is 9.79 Å². The summed E-state index contributed by atoms with van der Waals surface area (Å²) >= 11 is 4.56. The number of carboxylic acid groups (broad SMARTS) is 3. The zero-order valence-corrected chi connectivity index (χ0v) is 60.2. The van der Waals surface area contributed by atoms with Crippen LogP contribution < -0.4 is 43.8 Å². The van der Waals surface area contributed by atoms with Crippen molar-refractivity contribution < 1.29 is 77.6 Å². The van der Waals surface area contributed by atoms with Gasteiger partial charge < -0.3 is 68.9 Å². The van der Waals surface area contributed by atoms with Crippen LogP contribution in [0.5, 0.6) is 0 Å². The molecule has 34 heteroatoms. The summed E-state index contributed by atoms with van der Waals surface area (Å²) < 4.78 is 0. The Bertz CT molecular complexity index is 3130. The van der Waals surface area contributed by atoms with Crippen LogP contribution in [0.2, 0.25) is 0 Å². The topological polar surface area (TPSA) is 453 Å². The summed E-state index contributed by atoms with van der Waals surface area (Å²) in [5.41, 5.74) is 20.1. The minimum Gasteiger partial charge on any atom is -0.480 e. The van der Waals surface area contributed by atoms with Crippen LogP contribution in [-0.2, 0) is 81.2 Å². The van der Waals surface area contributed by atoms with Crippen molar-refractivity contribution >= 4 is 119 Å². The third kappa shape index (κ3) is 31.5. The van der Waals surface area contributed by atoms with E-state index in [0.29, 0.717) is 86.2 Å². The summed E-state index contributed by atoms with van der Waals surface area (Å²) in [7, 11) is 0. The summed E-state index contributed by atoms with van der Waals surface area (Å²) in [6.45, 7) is 5.93. The molecule has 5 rings (SSSR count). The van der Waals surface area contributed by atoms with E-state index in [0.717, 1.165) is 23.1 Å². The maximum atomic E-state index is 14.9. The molecule has 1 unspecified atom stereocenters. The highest BCUT2D eigenvalue weighted by molar-refractivity contribution is 7.99. The number of urea groups is 1. The van der Waals surface area contributed by atoms with Gasteiger partial charge in [-0.3, -0.25) is 77.1 Å². The Kier molecular flexibility index (Phi) is 37.5. The zero-order valence-electron chi connectivity index (χ0n) is 57.7. The number of rotatable bonds is 41. The summed E-state index contributed by atoms with van der Waals surface area (Å²) in [4.78, 5) is 183. The number of thioether (sulfide) groups is 3. The van der Waals surface area contributed by atoms with Crippen LogP contribution in [0.4, 0.5) is 4.79 Å². The second-order valence-electron chi connectivity index (χ2n) is 25.2. The monoisotopic (exact) mass is 1470 g/mol. The van der Waals surface area contributed by atoms with Gasteiger partial charge in [0, 0.05) is 139 Å². The molecule has 0 spiro atoms. The summed E-state index contributed by atoms with van der Waals surface area (Å²) in [5, 5.41) is 42.4. The number of unbranched alkanes of at least 4 members (excludes halogenated alkanes) is 1. The number of carbonyl (C=O) groups is 13. The van der Waals surface area contributed by atoms with Crippen LogP contribution in [0.25, 0.3) is 0 Å². The van der Waals surface area contributed by atoms with E-state index in [9.17, 15) is 77.6 Å². The average Bonchev–Trinajstić information content (AvgIpc) is 1.67. The number of aliphatic carboxylic acids is 3. The van der Waals surface area contributed by atoms with E-state index in [1.165, 1.54) is 27.8 Å². The summed E-state index contributed by atoms with van der Waals surface area (Å²) in [5.74, 6) is -6.74. The molecule has 3 heterocycles. The van der Waals surface area contributed by atoms with Crippen molar-refractivity contribution in [3.8, 4) is 0 Å². The third-order valence-corrected chi connectivity index (χ3v) is 20.3. The highest BCUT2D eigenvalue weighted by Crippen LogP contribution is 2.29. The lowest BCUT2D eigenvalue weighted by Gasteiger charge is -2.32. The molecule has 2 aromatic carbocycles. The van der Waals surface area contributed by atoms with E-state index in [2.05, 4.69) is 43.7 Å². The number of hydrogen-bond acceptors (Lipinski definition) is 20. The number of hydrogen-bond donors (Lipinski definition) is 11. The largest absolute Gasteiger partial charge is 0.480 e. The normalized spacial score (nSPS) is 17.9. The van der Waals surface area contributed by atoms with E-state index in [-0.39, 0.29) is 129 Å². The summed E-state index contributed by atoms with van der Waals surface area (Å²) in [6.07, 6.45) is 4.10. The molecule has 0 bridgehead atoms. The van der Waals surface area contributed by atoms with Crippen molar-refractivity contribution in [2.75, 3.05) is 122 Å². The molecule has 14 N–H and O–H groups in total. The van der Waals surface area contributed by atoms with Crippen molar-refractivity contribution in [3.63, 3.8) is 0 Å². The average molecular weight is 1470 g/mol. The Labute approximate surface area is 602 Å². The number of amides is 11. The quantitative estimate of drug-likeness (QED) is 0.0306. The van der Waals surface area contributed by atoms with Gasteiger partial charge >= 0.3 is 23.9 Å². The Hall–Kier alpha value is -7.89. The first-order valence-electron chi connectivity index (χ1n) is 34.2. The molecular formula is C67H101N15O16S3. The van der Waals surface area contributed by atoms with E-state index in [1.54, 1.807) is 75.5 Å². The van der Waals surface area contributed by atoms with Crippen LogP contribution in [0.1, 0.15) is 100 Å².